The van der Waals surface area contributed by atoms with E-state index < -0.39 is 0 Å². The van der Waals surface area contributed by atoms with Gasteiger partial charge in [-0.2, -0.15) is 0 Å². The van der Waals surface area contributed by atoms with Crippen molar-refractivity contribution in [3.8, 4) is 0 Å². The Morgan fingerprint density at radius 3 is 1.75 bits per heavy atom. The van der Waals surface area contributed by atoms with Crippen LogP contribution in [0, 0.1) is 5.92 Å². The van der Waals surface area contributed by atoms with Gasteiger partial charge in [-0.3, -0.25) is 14.5 Å². The zero-order chi connectivity index (χ0) is 34.3. The lowest BCUT2D eigenvalue weighted by Gasteiger charge is -2.28. The van der Waals surface area contributed by atoms with Gasteiger partial charge in [-0.15, -0.1) is 0 Å². The van der Waals surface area contributed by atoms with E-state index in [9.17, 15) is 9.59 Å². The van der Waals surface area contributed by atoms with Crippen LogP contribution in [0.1, 0.15) is 194 Å². The van der Waals surface area contributed by atoms with Gasteiger partial charge in [0.2, 0.25) is 5.91 Å². The third-order valence-electron chi connectivity index (χ3n) is 10.7. The van der Waals surface area contributed by atoms with Crippen molar-refractivity contribution in [2.75, 3.05) is 32.8 Å². The number of carbonyl (C=O) groups is 2. The number of nitrogens with zero attached hydrogens (tertiary/aromatic N) is 2. The number of amides is 1. The zero-order valence-electron chi connectivity index (χ0n) is 31.9. The molecule has 0 aromatic carbocycles. The first-order valence-corrected chi connectivity index (χ1v) is 21.2. The number of hydrogen-bond acceptors (Lipinski definition) is 4. The predicted octanol–water partition coefficient (Wildman–Crippen LogP) is 11.7. The molecule has 1 amide bonds. The average molecular weight is 671 g/mol. The van der Waals surface area contributed by atoms with Crippen LogP contribution in [0.4, 0.5) is 0 Å². The number of rotatable bonds is 32. The first-order chi connectivity index (χ1) is 23.7. The highest BCUT2D eigenvalue weighted by atomic mass is 16.5. The standard InChI is InChI=1S/C43H78N2O3/c1-3-5-7-9-11-13-15-17-18-19-20-22-24-26-28-30-36-45-41(33-29-27-25-23-21-16-14-12-10-8-6-4-2)40(39-42(45)46)43(47)48-38-37-44-34-31-32-35-44/h11,13,17-18,40-41H,3-10,12,14-16,19-39H2,1-2H3/b13-11-,18-17-/t40-,41+/m0/s1. The second-order valence-electron chi connectivity index (χ2n) is 14.9. The molecule has 2 aliphatic heterocycles. The summed E-state index contributed by atoms with van der Waals surface area (Å²) in [6.07, 6.45) is 43.7. The molecule has 0 aromatic rings. The largest absolute Gasteiger partial charge is 0.464 e. The lowest BCUT2D eigenvalue weighted by molar-refractivity contribution is -0.150. The first-order valence-electron chi connectivity index (χ1n) is 21.2. The van der Waals surface area contributed by atoms with Crippen LogP contribution in [0.25, 0.3) is 0 Å². The maximum Gasteiger partial charge on any atom is 0.311 e. The number of carbonyl (C=O) groups excluding carboxylic acids is 2. The summed E-state index contributed by atoms with van der Waals surface area (Å²) < 4.78 is 5.80. The van der Waals surface area contributed by atoms with E-state index in [0.29, 0.717) is 13.0 Å². The molecule has 0 aliphatic carbocycles. The van der Waals surface area contributed by atoms with Gasteiger partial charge in [0.25, 0.3) is 0 Å². The molecule has 2 aliphatic rings. The summed E-state index contributed by atoms with van der Waals surface area (Å²) in [5.74, 6) is -0.248. The Balaban J connectivity index is 1.64. The van der Waals surface area contributed by atoms with Crippen LogP contribution in [-0.4, -0.2) is 60.5 Å². The third kappa shape index (κ3) is 20.8. The minimum absolute atomic E-state index is 0.0258. The van der Waals surface area contributed by atoms with Gasteiger partial charge in [0, 0.05) is 25.6 Å². The van der Waals surface area contributed by atoms with Crippen molar-refractivity contribution < 1.29 is 14.3 Å². The van der Waals surface area contributed by atoms with Crippen LogP contribution < -0.4 is 0 Å². The Morgan fingerprint density at radius 2 is 1.15 bits per heavy atom. The fourth-order valence-corrected chi connectivity index (χ4v) is 7.58. The molecule has 2 atom stereocenters. The van der Waals surface area contributed by atoms with E-state index in [0.717, 1.165) is 51.9 Å². The summed E-state index contributed by atoms with van der Waals surface area (Å²) in [5.41, 5.74) is 0. The fourth-order valence-electron chi connectivity index (χ4n) is 7.58. The van der Waals surface area contributed by atoms with E-state index in [-0.39, 0.29) is 23.8 Å². The first kappa shape index (κ1) is 42.5. The number of hydrogen-bond donors (Lipinski definition) is 0. The smallest absolute Gasteiger partial charge is 0.311 e. The normalized spacial score (nSPS) is 18.7. The van der Waals surface area contributed by atoms with Crippen molar-refractivity contribution in [1.29, 1.82) is 0 Å². The lowest BCUT2D eigenvalue weighted by atomic mass is 9.94. The van der Waals surface area contributed by atoms with Crippen molar-refractivity contribution in [2.45, 2.75) is 200 Å². The molecule has 2 fully saturated rings. The molecule has 0 bridgehead atoms. The third-order valence-corrected chi connectivity index (χ3v) is 10.7. The molecule has 0 radical (unpaired) electrons. The molecule has 0 unspecified atom stereocenters. The van der Waals surface area contributed by atoms with Crippen molar-refractivity contribution in [3.05, 3.63) is 24.3 Å². The Hall–Kier alpha value is -1.62. The van der Waals surface area contributed by atoms with E-state index in [1.165, 1.54) is 148 Å². The Bertz CT molecular complexity index is 834. The topological polar surface area (TPSA) is 49.9 Å². The van der Waals surface area contributed by atoms with Crippen LogP contribution in [-0.2, 0) is 14.3 Å². The highest BCUT2D eigenvalue weighted by Crippen LogP contribution is 2.31. The number of likely N-dealkylation sites (tertiary alicyclic amines) is 2. The Morgan fingerprint density at radius 1 is 0.646 bits per heavy atom. The Labute approximate surface area is 298 Å². The molecule has 2 saturated heterocycles. The minimum Gasteiger partial charge on any atom is -0.464 e. The molecule has 2 heterocycles. The van der Waals surface area contributed by atoms with Gasteiger partial charge in [-0.05, 0) is 70.9 Å². The van der Waals surface area contributed by atoms with E-state index >= 15 is 0 Å². The van der Waals surface area contributed by atoms with E-state index in [1.54, 1.807) is 0 Å². The van der Waals surface area contributed by atoms with Crippen LogP contribution in [0.3, 0.4) is 0 Å². The summed E-state index contributed by atoms with van der Waals surface area (Å²) in [6, 6.07) is 0.0258. The van der Waals surface area contributed by atoms with E-state index in [1.807, 2.05) is 0 Å². The predicted molar refractivity (Wildman–Crippen MR) is 205 cm³/mol. The van der Waals surface area contributed by atoms with Gasteiger partial charge in [-0.25, -0.2) is 0 Å². The van der Waals surface area contributed by atoms with Gasteiger partial charge in [0.05, 0.1) is 5.92 Å². The second kappa shape index (κ2) is 30.2. The number of ether oxygens (including phenoxy) is 1. The monoisotopic (exact) mass is 671 g/mol. The average Bonchev–Trinajstić information content (AvgIpc) is 3.72. The van der Waals surface area contributed by atoms with Gasteiger partial charge >= 0.3 is 5.97 Å². The number of esters is 1. The van der Waals surface area contributed by atoms with Crippen molar-refractivity contribution in [1.82, 2.24) is 9.80 Å². The summed E-state index contributed by atoms with van der Waals surface area (Å²) >= 11 is 0. The summed E-state index contributed by atoms with van der Waals surface area (Å²) in [5, 5.41) is 0. The van der Waals surface area contributed by atoms with E-state index in [4.69, 9.17) is 4.74 Å². The molecule has 5 heteroatoms. The summed E-state index contributed by atoms with van der Waals surface area (Å²) in [7, 11) is 0. The molecular weight excluding hydrogens is 592 g/mol. The maximum atomic E-state index is 13.2. The van der Waals surface area contributed by atoms with Crippen molar-refractivity contribution in [3.63, 3.8) is 0 Å². The lowest BCUT2D eigenvalue weighted by Crippen LogP contribution is -2.39. The van der Waals surface area contributed by atoms with Gasteiger partial charge in [-0.1, -0.05) is 154 Å². The number of unbranched alkanes of at least 4 members (excludes halogenated alkanes) is 20. The van der Waals surface area contributed by atoms with Gasteiger partial charge in [0.15, 0.2) is 0 Å². The fraction of sp³-hybridized carbons (Fsp3) is 0.860. The van der Waals surface area contributed by atoms with Crippen molar-refractivity contribution >= 4 is 11.9 Å². The molecule has 0 N–H and O–H groups in total. The summed E-state index contributed by atoms with van der Waals surface area (Å²) in [6.45, 7) is 8.85. The van der Waals surface area contributed by atoms with Gasteiger partial charge in [0.1, 0.15) is 6.61 Å². The molecule has 0 aromatic heterocycles. The minimum atomic E-state index is -0.284. The van der Waals surface area contributed by atoms with Gasteiger partial charge < -0.3 is 9.64 Å². The second-order valence-corrected chi connectivity index (χ2v) is 14.9. The molecule has 48 heavy (non-hydrogen) atoms. The van der Waals surface area contributed by atoms with Crippen LogP contribution in [0.2, 0.25) is 0 Å². The maximum absolute atomic E-state index is 13.2. The zero-order valence-corrected chi connectivity index (χ0v) is 31.9. The molecular formula is C43H78N2O3. The molecule has 5 nitrogen and oxygen atoms in total. The van der Waals surface area contributed by atoms with Crippen LogP contribution in [0.15, 0.2) is 24.3 Å². The molecule has 278 valence electrons. The van der Waals surface area contributed by atoms with Crippen LogP contribution in [0.5, 0.6) is 0 Å². The number of allylic oxidation sites excluding steroid dienone is 4. The molecule has 0 spiro atoms. The molecule has 2 rings (SSSR count). The highest BCUT2D eigenvalue weighted by molar-refractivity contribution is 5.87. The quantitative estimate of drug-likeness (QED) is 0.0406. The SMILES string of the molecule is CCCCC/C=C\C/C=C\CCCCCCCCN1C(=O)C[C@H](C(=O)OCCN2CCCC2)[C@H]1CCCCCCCCCCCCCC. The van der Waals surface area contributed by atoms with Crippen molar-refractivity contribution in [2.24, 2.45) is 5.92 Å². The van der Waals surface area contributed by atoms with E-state index in [2.05, 4.69) is 48.0 Å². The summed E-state index contributed by atoms with van der Waals surface area (Å²) in [4.78, 5) is 30.9. The molecule has 0 saturated carbocycles. The Kier molecular flexibility index (Phi) is 26.8. The highest BCUT2D eigenvalue weighted by Gasteiger charge is 2.43. The van der Waals surface area contributed by atoms with Crippen LogP contribution >= 0.6 is 0 Å².